The van der Waals surface area contributed by atoms with Gasteiger partial charge < -0.3 is 9.72 Å². The topological polar surface area (TPSA) is 25.0 Å². The molecule has 0 bridgehead atoms. The number of aromatic nitrogens is 1. The predicted octanol–water partition coefficient (Wildman–Crippen LogP) is 4.95. The third kappa shape index (κ3) is 2.31. The van der Waals surface area contributed by atoms with Crippen LogP contribution in [0.15, 0.2) is 42.6 Å². The van der Waals surface area contributed by atoms with Gasteiger partial charge in [-0.1, -0.05) is 31.2 Å². The van der Waals surface area contributed by atoms with Crippen molar-refractivity contribution in [3.8, 4) is 5.75 Å². The van der Waals surface area contributed by atoms with E-state index in [0.29, 0.717) is 5.92 Å². The highest BCUT2D eigenvalue weighted by Crippen LogP contribution is 2.34. The second-order valence-electron chi connectivity index (χ2n) is 5.68. The van der Waals surface area contributed by atoms with E-state index in [1.54, 1.807) is 7.11 Å². The van der Waals surface area contributed by atoms with E-state index in [-0.39, 0.29) is 0 Å². The molecule has 0 saturated heterocycles. The van der Waals surface area contributed by atoms with E-state index < -0.39 is 0 Å². The Morgan fingerprint density at radius 2 is 1.86 bits per heavy atom. The molecule has 1 aromatic heterocycles. The van der Waals surface area contributed by atoms with Gasteiger partial charge in [-0.3, -0.25) is 0 Å². The SMILES string of the molecule is COc1cc(C(C)c2c[nH]c3ccccc23)cc(C)c1C. The summed E-state index contributed by atoms with van der Waals surface area (Å²) >= 11 is 0. The quantitative estimate of drug-likeness (QED) is 0.721. The van der Waals surface area contributed by atoms with Gasteiger partial charge in [-0.15, -0.1) is 0 Å². The Labute approximate surface area is 125 Å². The van der Waals surface area contributed by atoms with Crippen molar-refractivity contribution in [2.75, 3.05) is 7.11 Å². The molecule has 2 nitrogen and oxygen atoms in total. The van der Waals surface area contributed by atoms with Crippen molar-refractivity contribution < 1.29 is 4.74 Å². The first-order valence-electron chi connectivity index (χ1n) is 7.33. The van der Waals surface area contributed by atoms with Crippen molar-refractivity contribution >= 4 is 10.9 Å². The molecule has 0 radical (unpaired) electrons. The number of rotatable bonds is 3. The Kier molecular flexibility index (Phi) is 3.46. The molecule has 2 aromatic carbocycles. The van der Waals surface area contributed by atoms with Gasteiger partial charge in [-0.05, 0) is 48.2 Å². The fourth-order valence-electron chi connectivity index (χ4n) is 2.95. The van der Waals surface area contributed by atoms with Gasteiger partial charge in [-0.25, -0.2) is 0 Å². The summed E-state index contributed by atoms with van der Waals surface area (Å²) in [6, 6.07) is 12.9. The van der Waals surface area contributed by atoms with Crippen LogP contribution in [0.25, 0.3) is 10.9 Å². The maximum Gasteiger partial charge on any atom is 0.122 e. The maximum absolute atomic E-state index is 5.51. The van der Waals surface area contributed by atoms with Gasteiger partial charge in [-0.2, -0.15) is 0 Å². The lowest BCUT2D eigenvalue weighted by atomic mass is 9.90. The van der Waals surface area contributed by atoms with Crippen molar-refractivity contribution in [1.29, 1.82) is 0 Å². The Bertz CT molecular complexity index is 785. The molecule has 1 unspecified atom stereocenters. The number of nitrogens with one attached hydrogen (secondary N) is 1. The minimum atomic E-state index is 0.328. The van der Waals surface area contributed by atoms with Gasteiger partial charge in [0, 0.05) is 23.0 Å². The van der Waals surface area contributed by atoms with E-state index in [2.05, 4.69) is 68.4 Å². The average molecular weight is 279 g/mol. The van der Waals surface area contributed by atoms with E-state index in [0.717, 1.165) is 5.75 Å². The zero-order valence-corrected chi connectivity index (χ0v) is 13.0. The number of aromatic amines is 1. The van der Waals surface area contributed by atoms with Gasteiger partial charge in [0.25, 0.3) is 0 Å². The Morgan fingerprint density at radius 1 is 1.10 bits per heavy atom. The van der Waals surface area contributed by atoms with Crippen LogP contribution in [0, 0.1) is 13.8 Å². The minimum absolute atomic E-state index is 0.328. The number of fused-ring (bicyclic) bond motifs is 1. The smallest absolute Gasteiger partial charge is 0.122 e. The van der Waals surface area contributed by atoms with Crippen molar-refractivity contribution in [3.63, 3.8) is 0 Å². The number of para-hydroxylation sites is 1. The Morgan fingerprint density at radius 3 is 2.62 bits per heavy atom. The average Bonchev–Trinajstić information content (AvgIpc) is 2.93. The van der Waals surface area contributed by atoms with Crippen LogP contribution in [0.4, 0.5) is 0 Å². The largest absolute Gasteiger partial charge is 0.496 e. The van der Waals surface area contributed by atoms with Gasteiger partial charge in [0.2, 0.25) is 0 Å². The molecule has 1 N–H and O–H groups in total. The molecule has 3 rings (SSSR count). The molecule has 0 spiro atoms. The predicted molar refractivity (Wildman–Crippen MR) is 88.3 cm³/mol. The lowest BCUT2D eigenvalue weighted by Crippen LogP contribution is -1.99. The molecule has 0 saturated carbocycles. The number of hydrogen-bond acceptors (Lipinski definition) is 1. The molecule has 2 heteroatoms. The van der Waals surface area contributed by atoms with Crippen LogP contribution in [0.1, 0.15) is 35.1 Å². The zero-order chi connectivity index (χ0) is 15.0. The van der Waals surface area contributed by atoms with E-state index in [1.807, 2.05) is 0 Å². The molecule has 21 heavy (non-hydrogen) atoms. The first-order valence-corrected chi connectivity index (χ1v) is 7.33. The standard InChI is InChI=1S/C19H21NO/c1-12-9-15(10-19(21-4)13(12)2)14(3)17-11-20-18-8-6-5-7-16(17)18/h5-11,14,20H,1-4H3. The summed E-state index contributed by atoms with van der Waals surface area (Å²) in [4.78, 5) is 3.36. The molecular formula is C19H21NO. The molecular weight excluding hydrogens is 258 g/mol. The zero-order valence-electron chi connectivity index (χ0n) is 13.0. The van der Waals surface area contributed by atoms with Crippen LogP contribution in [-0.2, 0) is 0 Å². The second kappa shape index (κ2) is 5.28. The number of aryl methyl sites for hydroxylation is 1. The molecule has 0 fully saturated rings. The summed E-state index contributed by atoms with van der Waals surface area (Å²) in [5.74, 6) is 1.30. The van der Waals surface area contributed by atoms with Crippen LogP contribution >= 0.6 is 0 Å². The van der Waals surface area contributed by atoms with Crippen molar-refractivity contribution in [1.82, 2.24) is 4.98 Å². The highest BCUT2D eigenvalue weighted by atomic mass is 16.5. The van der Waals surface area contributed by atoms with Gasteiger partial charge in [0.1, 0.15) is 5.75 Å². The number of benzene rings is 2. The number of ether oxygens (including phenoxy) is 1. The lowest BCUT2D eigenvalue weighted by molar-refractivity contribution is 0.410. The van der Waals surface area contributed by atoms with Crippen molar-refractivity contribution in [2.24, 2.45) is 0 Å². The Balaban J connectivity index is 2.10. The normalized spacial score (nSPS) is 12.6. The fourth-order valence-corrected chi connectivity index (χ4v) is 2.95. The lowest BCUT2D eigenvalue weighted by Gasteiger charge is -2.16. The second-order valence-corrected chi connectivity index (χ2v) is 5.68. The monoisotopic (exact) mass is 279 g/mol. The molecule has 0 aliphatic heterocycles. The van der Waals surface area contributed by atoms with Crippen molar-refractivity contribution in [3.05, 3.63) is 64.8 Å². The summed E-state index contributed by atoms with van der Waals surface area (Å²) < 4.78 is 5.51. The first-order chi connectivity index (χ1) is 10.1. The van der Waals surface area contributed by atoms with Gasteiger partial charge >= 0.3 is 0 Å². The summed E-state index contributed by atoms with van der Waals surface area (Å²) in [5.41, 5.74) is 6.30. The van der Waals surface area contributed by atoms with E-state index in [4.69, 9.17) is 4.74 Å². The van der Waals surface area contributed by atoms with Crippen LogP contribution < -0.4 is 4.74 Å². The molecule has 0 aliphatic carbocycles. The van der Waals surface area contributed by atoms with Gasteiger partial charge in [0.15, 0.2) is 0 Å². The first kappa shape index (κ1) is 13.7. The van der Waals surface area contributed by atoms with E-state index in [1.165, 1.54) is 33.2 Å². The minimum Gasteiger partial charge on any atom is -0.496 e. The summed E-state index contributed by atoms with van der Waals surface area (Å²) in [7, 11) is 1.74. The van der Waals surface area contributed by atoms with Crippen LogP contribution in [0.3, 0.4) is 0 Å². The van der Waals surface area contributed by atoms with Crippen LogP contribution in [0.5, 0.6) is 5.75 Å². The maximum atomic E-state index is 5.51. The third-order valence-electron chi connectivity index (χ3n) is 4.45. The molecule has 1 atom stereocenters. The molecule has 108 valence electrons. The summed E-state index contributed by atoms with van der Waals surface area (Å²) in [6.45, 7) is 6.50. The molecule has 3 aromatic rings. The fraction of sp³-hybridized carbons (Fsp3) is 0.263. The van der Waals surface area contributed by atoms with Crippen LogP contribution in [0.2, 0.25) is 0 Å². The van der Waals surface area contributed by atoms with Crippen LogP contribution in [-0.4, -0.2) is 12.1 Å². The highest BCUT2D eigenvalue weighted by Gasteiger charge is 2.15. The number of H-pyrrole nitrogens is 1. The van der Waals surface area contributed by atoms with E-state index >= 15 is 0 Å². The highest BCUT2D eigenvalue weighted by molar-refractivity contribution is 5.84. The van der Waals surface area contributed by atoms with Crippen molar-refractivity contribution in [2.45, 2.75) is 26.7 Å². The molecule has 0 amide bonds. The van der Waals surface area contributed by atoms with E-state index in [9.17, 15) is 0 Å². The molecule has 0 aliphatic rings. The number of hydrogen-bond donors (Lipinski definition) is 1. The summed E-state index contributed by atoms with van der Waals surface area (Å²) in [6.07, 6.45) is 2.12. The number of methoxy groups -OCH3 is 1. The Hall–Kier alpha value is -2.22. The van der Waals surface area contributed by atoms with Gasteiger partial charge in [0.05, 0.1) is 7.11 Å². The third-order valence-corrected chi connectivity index (χ3v) is 4.45. The molecule has 1 heterocycles. The summed E-state index contributed by atoms with van der Waals surface area (Å²) in [5, 5.41) is 1.29.